The van der Waals surface area contributed by atoms with Crippen LogP contribution in [0.25, 0.3) is 0 Å². The zero-order valence-corrected chi connectivity index (χ0v) is 10.6. The van der Waals surface area contributed by atoms with Gasteiger partial charge in [-0.2, -0.15) is 13.2 Å². The van der Waals surface area contributed by atoms with Gasteiger partial charge in [0.1, 0.15) is 0 Å². The molecule has 17 heavy (non-hydrogen) atoms. The Morgan fingerprint density at radius 3 is 1.71 bits per heavy atom. The summed E-state index contributed by atoms with van der Waals surface area (Å²) in [6.45, 7) is 10.4. The minimum absolute atomic E-state index is 0.312. The third-order valence-electron chi connectivity index (χ3n) is 2.79. The van der Waals surface area contributed by atoms with E-state index in [9.17, 15) is 13.2 Å². The molecule has 0 bridgehead atoms. The molecule has 0 amide bonds. The van der Waals surface area contributed by atoms with Crippen molar-refractivity contribution in [1.29, 1.82) is 0 Å². The molecule has 0 unspecified atom stereocenters. The molecule has 0 N–H and O–H groups in total. The maximum atomic E-state index is 12.7. The number of hydrogen-bond donors (Lipinski definition) is 0. The fraction of sp³-hybridized carbons (Fsp3) is 0.429. The summed E-state index contributed by atoms with van der Waals surface area (Å²) in [5.74, 6) is 0. The van der Waals surface area contributed by atoms with E-state index in [1.165, 1.54) is 13.8 Å². The van der Waals surface area contributed by atoms with E-state index in [-0.39, 0.29) is 0 Å². The Hall–Kier alpha value is -1.25. The topological polar surface area (TPSA) is 0 Å². The number of hydrogen-bond acceptors (Lipinski definition) is 0. The normalized spacial score (nSPS) is 11.6. The van der Waals surface area contributed by atoms with Gasteiger partial charge in [-0.05, 0) is 31.4 Å². The highest BCUT2D eigenvalue weighted by Crippen LogP contribution is 2.40. The summed E-state index contributed by atoms with van der Waals surface area (Å²) in [6, 6.07) is 6.63. The second-order valence-corrected chi connectivity index (χ2v) is 4.17. The highest BCUT2D eigenvalue weighted by Gasteiger charge is 2.48. The van der Waals surface area contributed by atoms with Crippen LogP contribution in [0.4, 0.5) is 13.2 Å². The second kappa shape index (κ2) is 5.89. The molecule has 0 aliphatic heterocycles. The number of rotatable bonds is 2. The summed E-state index contributed by atoms with van der Waals surface area (Å²) in [4.78, 5) is 0. The molecule has 0 saturated heterocycles. The molecule has 1 rings (SSSR count). The Morgan fingerprint density at radius 2 is 1.41 bits per heavy atom. The molecule has 0 aliphatic carbocycles. The van der Waals surface area contributed by atoms with E-state index < -0.39 is 11.6 Å². The van der Waals surface area contributed by atoms with E-state index in [0.717, 1.165) is 12.0 Å². The van der Waals surface area contributed by atoms with Crippen LogP contribution < -0.4 is 0 Å². The zero-order chi connectivity index (χ0) is 13.7. The van der Waals surface area contributed by atoms with Crippen molar-refractivity contribution in [2.24, 2.45) is 0 Å². The molecule has 0 atom stereocenters. The van der Waals surface area contributed by atoms with Crippen LogP contribution >= 0.6 is 0 Å². The Kier molecular flexibility index (Phi) is 5.46. The van der Waals surface area contributed by atoms with Crippen molar-refractivity contribution in [3.63, 3.8) is 0 Å². The molecule has 1 aromatic rings. The molecule has 1 aromatic carbocycles. The van der Waals surface area contributed by atoms with Gasteiger partial charge in [0.2, 0.25) is 0 Å². The summed E-state index contributed by atoms with van der Waals surface area (Å²) in [5, 5.41) is 0. The quantitative estimate of drug-likeness (QED) is 0.650. The van der Waals surface area contributed by atoms with Crippen molar-refractivity contribution < 1.29 is 13.2 Å². The molecular formula is C14H19F3. The van der Waals surface area contributed by atoms with Gasteiger partial charge in [-0.3, -0.25) is 0 Å². The lowest BCUT2D eigenvalue weighted by atomic mass is 9.83. The first kappa shape index (κ1) is 15.8. The average molecular weight is 244 g/mol. The SMILES string of the molecule is C=C.CCc1ccc(C(C)(C)C(F)(F)F)cc1. The number of aryl methyl sites for hydroxylation is 1. The van der Waals surface area contributed by atoms with Gasteiger partial charge in [0.25, 0.3) is 0 Å². The van der Waals surface area contributed by atoms with Gasteiger partial charge in [-0.25, -0.2) is 0 Å². The van der Waals surface area contributed by atoms with Crippen molar-refractivity contribution in [1.82, 2.24) is 0 Å². The van der Waals surface area contributed by atoms with Crippen LogP contribution in [0.15, 0.2) is 37.4 Å². The minimum Gasteiger partial charge on any atom is -0.170 e. The molecule has 0 radical (unpaired) electrons. The molecule has 0 fully saturated rings. The number of halogens is 3. The lowest BCUT2D eigenvalue weighted by Gasteiger charge is -2.28. The van der Waals surface area contributed by atoms with E-state index in [1.807, 2.05) is 6.92 Å². The minimum atomic E-state index is -4.21. The predicted molar refractivity (Wildman–Crippen MR) is 66.2 cm³/mol. The van der Waals surface area contributed by atoms with Crippen molar-refractivity contribution in [3.8, 4) is 0 Å². The van der Waals surface area contributed by atoms with E-state index in [4.69, 9.17) is 0 Å². The molecule has 3 heteroatoms. The van der Waals surface area contributed by atoms with Gasteiger partial charge in [0.05, 0.1) is 5.41 Å². The third-order valence-corrected chi connectivity index (χ3v) is 2.79. The highest BCUT2D eigenvalue weighted by molar-refractivity contribution is 5.29. The maximum Gasteiger partial charge on any atom is 0.397 e. The van der Waals surface area contributed by atoms with Crippen LogP contribution in [0.2, 0.25) is 0 Å². The van der Waals surface area contributed by atoms with Gasteiger partial charge >= 0.3 is 6.18 Å². The molecule has 96 valence electrons. The third kappa shape index (κ3) is 3.62. The van der Waals surface area contributed by atoms with Crippen molar-refractivity contribution in [2.75, 3.05) is 0 Å². The van der Waals surface area contributed by atoms with Crippen LogP contribution in [0, 0.1) is 0 Å². The first-order chi connectivity index (χ1) is 7.79. The van der Waals surface area contributed by atoms with E-state index in [1.54, 1.807) is 24.3 Å². The second-order valence-electron chi connectivity index (χ2n) is 4.17. The average Bonchev–Trinajstić information content (AvgIpc) is 2.30. The molecule has 0 aromatic heterocycles. The van der Waals surface area contributed by atoms with E-state index in [0.29, 0.717) is 5.56 Å². The lowest BCUT2D eigenvalue weighted by Crippen LogP contribution is -2.36. The van der Waals surface area contributed by atoms with Crippen molar-refractivity contribution in [2.45, 2.75) is 38.8 Å². The molecule has 0 aliphatic rings. The Morgan fingerprint density at radius 1 is 1.00 bits per heavy atom. The van der Waals surface area contributed by atoms with Crippen LogP contribution in [-0.4, -0.2) is 6.18 Å². The summed E-state index contributed by atoms with van der Waals surface area (Å²) in [6.07, 6.45) is -3.37. The van der Waals surface area contributed by atoms with Gasteiger partial charge in [0, 0.05) is 0 Å². The Labute approximate surface area is 101 Å². The smallest absolute Gasteiger partial charge is 0.170 e. The van der Waals surface area contributed by atoms with Crippen LogP contribution in [0.3, 0.4) is 0 Å². The Balaban J connectivity index is 0.00000121. The molecule has 0 heterocycles. The van der Waals surface area contributed by atoms with Crippen molar-refractivity contribution >= 4 is 0 Å². The summed E-state index contributed by atoms with van der Waals surface area (Å²) < 4.78 is 38.1. The zero-order valence-electron chi connectivity index (χ0n) is 10.6. The lowest BCUT2D eigenvalue weighted by molar-refractivity contribution is -0.180. The standard InChI is InChI=1S/C12H15F3.C2H4/c1-4-9-5-7-10(8-6-9)11(2,3)12(13,14)15;1-2/h5-8H,4H2,1-3H3;1-2H2. The van der Waals surface area contributed by atoms with Gasteiger partial charge < -0.3 is 0 Å². The van der Waals surface area contributed by atoms with Crippen LogP contribution in [-0.2, 0) is 11.8 Å². The van der Waals surface area contributed by atoms with Gasteiger partial charge in [-0.1, -0.05) is 31.2 Å². The van der Waals surface area contributed by atoms with Gasteiger partial charge in [-0.15, -0.1) is 13.2 Å². The highest BCUT2D eigenvalue weighted by atomic mass is 19.4. The molecule has 0 spiro atoms. The number of alkyl halides is 3. The molecular weight excluding hydrogens is 225 g/mol. The van der Waals surface area contributed by atoms with Crippen molar-refractivity contribution in [3.05, 3.63) is 48.6 Å². The fourth-order valence-electron chi connectivity index (χ4n) is 1.32. The van der Waals surface area contributed by atoms with Crippen LogP contribution in [0.5, 0.6) is 0 Å². The fourth-order valence-corrected chi connectivity index (χ4v) is 1.32. The van der Waals surface area contributed by atoms with E-state index in [2.05, 4.69) is 13.2 Å². The first-order valence-electron chi connectivity index (χ1n) is 5.45. The summed E-state index contributed by atoms with van der Waals surface area (Å²) >= 11 is 0. The van der Waals surface area contributed by atoms with Crippen LogP contribution in [0.1, 0.15) is 31.9 Å². The molecule has 0 saturated carbocycles. The summed E-state index contributed by atoms with van der Waals surface area (Å²) in [5.41, 5.74) is -0.414. The first-order valence-corrected chi connectivity index (χ1v) is 5.45. The molecule has 0 nitrogen and oxygen atoms in total. The predicted octanol–water partition coefficient (Wildman–Crippen LogP) is 4.89. The summed E-state index contributed by atoms with van der Waals surface area (Å²) in [7, 11) is 0. The monoisotopic (exact) mass is 244 g/mol. The maximum absolute atomic E-state index is 12.7. The number of benzene rings is 1. The Bertz CT molecular complexity index is 333. The largest absolute Gasteiger partial charge is 0.397 e. The van der Waals surface area contributed by atoms with Gasteiger partial charge in [0.15, 0.2) is 0 Å². The van der Waals surface area contributed by atoms with E-state index >= 15 is 0 Å².